The highest BCUT2D eigenvalue weighted by Gasteiger charge is 2.30. The third kappa shape index (κ3) is 2.42. The summed E-state index contributed by atoms with van der Waals surface area (Å²) in [7, 11) is 0. The minimum absolute atomic E-state index is 0.416. The van der Waals surface area contributed by atoms with Crippen molar-refractivity contribution in [2.24, 2.45) is 0 Å². The molecule has 1 fully saturated rings. The Morgan fingerprint density at radius 2 is 1.47 bits per heavy atom. The van der Waals surface area contributed by atoms with E-state index in [2.05, 4.69) is 4.74 Å². The van der Waals surface area contributed by atoms with Crippen LogP contribution in [0.2, 0.25) is 0 Å². The standard InChI is InChI=1S/C16H18O3/c17-15-13-9-8-12(10-14(13)16(18)19-15)11-6-4-2-1-3-5-7-11/h8-11H,1-7H2. The fourth-order valence-corrected chi connectivity index (χ4v) is 3.15. The number of fused-ring (bicyclic) bond motifs is 1. The SMILES string of the molecule is O=C1OC(=O)c2cc(C3CCCCCCC3)ccc21. The summed E-state index contributed by atoms with van der Waals surface area (Å²) in [6, 6.07) is 5.61. The Morgan fingerprint density at radius 3 is 2.21 bits per heavy atom. The van der Waals surface area contributed by atoms with E-state index in [1.807, 2.05) is 12.1 Å². The first-order chi connectivity index (χ1) is 9.25. The Morgan fingerprint density at radius 1 is 0.842 bits per heavy atom. The van der Waals surface area contributed by atoms with Crippen molar-refractivity contribution in [1.29, 1.82) is 0 Å². The number of ether oxygens (including phenoxy) is 1. The van der Waals surface area contributed by atoms with Crippen LogP contribution >= 0.6 is 0 Å². The van der Waals surface area contributed by atoms with Crippen molar-refractivity contribution < 1.29 is 14.3 Å². The fraction of sp³-hybridized carbons (Fsp3) is 0.500. The first-order valence-electron chi connectivity index (χ1n) is 7.16. The van der Waals surface area contributed by atoms with Crippen molar-refractivity contribution >= 4 is 11.9 Å². The molecule has 19 heavy (non-hydrogen) atoms. The van der Waals surface area contributed by atoms with E-state index in [4.69, 9.17) is 0 Å². The first kappa shape index (κ1) is 12.4. The summed E-state index contributed by atoms with van der Waals surface area (Å²) in [6.45, 7) is 0. The van der Waals surface area contributed by atoms with Crippen LogP contribution in [0, 0.1) is 0 Å². The summed E-state index contributed by atoms with van der Waals surface area (Å²) in [5.41, 5.74) is 2.05. The normalized spacial score (nSPS) is 20.6. The number of benzene rings is 1. The van der Waals surface area contributed by atoms with Gasteiger partial charge < -0.3 is 4.74 Å². The Bertz CT molecular complexity index is 511. The van der Waals surface area contributed by atoms with E-state index in [1.54, 1.807) is 6.07 Å². The van der Waals surface area contributed by atoms with E-state index in [0.29, 0.717) is 17.0 Å². The van der Waals surface area contributed by atoms with E-state index in [9.17, 15) is 9.59 Å². The Kier molecular flexibility index (Phi) is 3.36. The summed E-state index contributed by atoms with van der Waals surface area (Å²) in [6.07, 6.45) is 8.83. The molecule has 1 aliphatic carbocycles. The van der Waals surface area contributed by atoms with Crippen LogP contribution in [0.5, 0.6) is 0 Å². The van der Waals surface area contributed by atoms with Crippen LogP contribution in [0.3, 0.4) is 0 Å². The number of hydrogen-bond donors (Lipinski definition) is 0. The van der Waals surface area contributed by atoms with Gasteiger partial charge in [0.25, 0.3) is 0 Å². The van der Waals surface area contributed by atoms with Gasteiger partial charge in [-0.2, -0.15) is 0 Å². The Hall–Kier alpha value is -1.64. The van der Waals surface area contributed by atoms with Gasteiger partial charge >= 0.3 is 11.9 Å². The minimum Gasteiger partial charge on any atom is -0.386 e. The van der Waals surface area contributed by atoms with Crippen molar-refractivity contribution in [3.63, 3.8) is 0 Å². The zero-order valence-corrected chi connectivity index (χ0v) is 11.0. The predicted octanol–water partition coefficient (Wildman–Crippen LogP) is 3.83. The lowest BCUT2D eigenvalue weighted by molar-refractivity contribution is 0.0444. The summed E-state index contributed by atoms with van der Waals surface area (Å²) in [5, 5.41) is 0. The molecule has 0 atom stereocenters. The Labute approximate surface area is 113 Å². The summed E-state index contributed by atoms with van der Waals surface area (Å²) in [4.78, 5) is 23.0. The second kappa shape index (κ2) is 5.16. The molecule has 1 aromatic rings. The number of cyclic esters (lactones) is 2. The van der Waals surface area contributed by atoms with Gasteiger partial charge in [-0.05, 0) is 36.5 Å². The molecular formula is C16H18O3. The van der Waals surface area contributed by atoms with E-state index < -0.39 is 11.9 Å². The van der Waals surface area contributed by atoms with Crippen molar-refractivity contribution in [3.05, 3.63) is 34.9 Å². The van der Waals surface area contributed by atoms with Gasteiger partial charge in [0, 0.05) is 0 Å². The van der Waals surface area contributed by atoms with Crippen molar-refractivity contribution in [3.8, 4) is 0 Å². The summed E-state index contributed by atoms with van der Waals surface area (Å²) in [5.74, 6) is -0.481. The molecule has 1 heterocycles. The molecule has 3 heteroatoms. The number of carbonyl (C=O) groups is 2. The number of carbonyl (C=O) groups excluding carboxylic acids is 2. The maximum absolute atomic E-state index is 11.6. The molecule has 3 nitrogen and oxygen atoms in total. The van der Waals surface area contributed by atoms with E-state index >= 15 is 0 Å². The first-order valence-corrected chi connectivity index (χ1v) is 7.16. The quantitative estimate of drug-likeness (QED) is 0.568. The van der Waals surface area contributed by atoms with Crippen LogP contribution in [0.1, 0.15) is 77.1 Å². The highest BCUT2D eigenvalue weighted by Crippen LogP contribution is 2.33. The topological polar surface area (TPSA) is 43.4 Å². The molecule has 0 spiro atoms. The average molecular weight is 258 g/mol. The molecule has 3 rings (SSSR count). The van der Waals surface area contributed by atoms with Crippen LogP contribution in [0.25, 0.3) is 0 Å². The van der Waals surface area contributed by atoms with Gasteiger partial charge in [0.05, 0.1) is 11.1 Å². The largest absolute Gasteiger partial charge is 0.386 e. The van der Waals surface area contributed by atoms with E-state index in [-0.39, 0.29) is 0 Å². The number of rotatable bonds is 1. The molecule has 0 aromatic heterocycles. The molecule has 0 amide bonds. The van der Waals surface area contributed by atoms with Crippen LogP contribution < -0.4 is 0 Å². The average Bonchev–Trinajstić information content (AvgIpc) is 2.64. The lowest BCUT2D eigenvalue weighted by Gasteiger charge is -2.20. The van der Waals surface area contributed by atoms with Crippen LogP contribution in [-0.2, 0) is 4.74 Å². The second-order valence-electron chi connectivity index (χ2n) is 5.52. The van der Waals surface area contributed by atoms with Gasteiger partial charge in [0.2, 0.25) is 0 Å². The molecule has 0 saturated heterocycles. The molecule has 100 valence electrons. The van der Waals surface area contributed by atoms with Gasteiger partial charge in [-0.25, -0.2) is 9.59 Å². The monoisotopic (exact) mass is 258 g/mol. The fourth-order valence-electron chi connectivity index (χ4n) is 3.15. The van der Waals surface area contributed by atoms with Crippen molar-refractivity contribution in [1.82, 2.24) is 0 Å². The zero-order chi connectivity index (χ0) is 13.2. The molecule has 1 saturated carbocycles. The van der Waals surface area contributed by atoms with Gasteiger partial charge in [0.1, 0.15) is 0 Å². The van der Waals surface area contributed by atoms with E-state index in [0.717, 1.165) is 0 Å². The molecule has 0 unspecified atom stereocenters. The highest BCUT2D eigenvalue weighted by molar-refractivity contribution is 6.14. The van der Waals surface area contributed by atoms with Crippen LogP contribution in [0.4, 0.5) is 0 Å². The molecule has 2 aliphatic rings. The lowest BCUT2D eigenvalue weighted by atomic mass is 9.85. The highest BCUT2D eigenvalue weighted by atomic mass is 16.6. The third-order valence-electron chi connectivity index (χ3n) is 4.25. The van der Waals surface area contributed by atoms with E-state index in [1.165, 1.54) is 50.5 Å². The molecular weight excluding hydrogens is 240 g/mol. The number of hydrogen-bond acceptors (Lipinski definition) is 3. The van der Waals surface area contributed by atoms with Gasteiger partial charge in [-0.15, -0.1) is 0 Å². The maximum Gasteiger partial charge on any atom is 0.346 e. The van der Waals surface area contributed by atoms with Crippen LogP contribution in [-0.4, -0.2) is 11.9 Å². The van der Waals surface area contributed by atoms with Crippen molar-refractivity contribution in [2.45, 2.75) is 50.9 Å². The minimum atomic E-state index is -0.510. The second-order valence-corrected chi connectivity index (χ2v) is 5.52. The van der Waals surface area contributed by atoms with Gasteiger partial charge in [-0.1, -0.05) is 38.2 Å². The summed E-state index contributed by atoms with van der Waals surface area (Å²) < 4.78 is 4.64. The maximum atomic E-state index is 11.6. The summed E-state index contributed by atoms with van der Waals surface area (Å²) >= 11 is 0. The molecule has 0 bridgehead atoms. The van der Waals surface area contributed by atoms with Crippen molar-refractivity contribution in [2.75, 3.05) is 0 Å². The molecule has 0 radical (unpaired) electrons. The smallest absolute Gasteiger partial charge is 0.346 e. The third-order valence-corrected chi connectivity index (χ3v) is 4.25. The molecule has 1 aliphatic heterocycles. The predicted molar refractivity (Wildman–Crippen MR) is 71.2 cm³/mol. The van der Waals surface area contributed by atoms with Crippen LogP contribution in [0.15, 0.2) is 18.2 Å². The van der Waals surface area contributed by atoms with Gasteiger partial charge in [0.15, 0.2) is 0 Å². The Balaban J connectivity index is 1.87. The molecule has 0 N–H and O–H groups in total. The van der Waals surface area contributed by atoms with Gasteiger partial charge in [-0.3, -0.25) is 0 Å². The number of esters is 2. The lowest BCUT2D eigenvalue weighted by Crippen LogP contribution is -2.04. The molecule has 1 aromatic carbocycles. The zero-order valence-electron chi connectivity index (χ0n) is 11.0.